The summed E-state index contributed by atoms with van der Waals surface area (Å²) in [6.07, 6.45) is 3.09. The summed E-state index contributed by atoms with van der Waals surface area (Å²) in [4.78, 5) is 44.9. The number of piperazine rings is 1. The SMILES string of the molecule is C=CC(=O)N1C[C@H](C)N(c2nc(=O)n(-c3c(C)ccnc3C(C)C)c3nc(-c4cccc(C#CC)c4)c(Cl)cc23)C[C@H]1C. The lowest BCUT2D eigenvalue weighted by Gasteiger charge is -2.44. The van der Waals surface area contributed by atoms with Crippen LogP contribution in [0.25, 0.3) is 28.0 Å². The second-order valence-electron chi connectivity index (χ2n) is 11.3. The molecule has 3 aromatic heterocycles. The molecule has 1 fully saturated rings. The average molecular weight is 595 g/mol. The summed E-state index contributed by atoms with van der Waals surface area (Å²) in [6.45, 7) is 16.4. The van der Waals surface area contributed by atoms with E-state index >= 15 is 0 Å². The number of carbonyl (C=O) groups is 1. The Morgan fingerprint density at radius 2 is 1.91 bits per heavy atom. The van der Waals surface area contributed by atoms with E-state index in [2.05, 4.69) is 33.3 Å². The van der Waals surface area contributed by atoms with Gasteiger partial charge in [-0.25, -0.2) is 14.3 Å². The van der Waals surface area contributed by atoms with Crippen LogP contribution in [0, 0.1) is 18.8 Å². The van der Waals surface area contributed by atoms with E-state index in [1.165, 1.54) is 6.08 Å². The largest absolute Gasteiger partial charge is 0.355 e. The van der Waals surface area contributed by atoms with E-state index < -0.39 is 5.69 Å². The van der Waals surface area contributed by atoms with Gasteiger partial charge in [0.15, 0.2) is 5.65 Å². The van der Waals surface area contributed by atoms with E-state index in [9.17, 15) is 9.59 Å². The molecular formula is C34H35ClN6O2. The number of amides is 1. The van der Waals surface area contributed by atoms with E-state index in [0.717, 1.165) is 22.4 Å². The van der Waals surface area contributed by atoms with Crippen molar-refractivity contribution in [2.75, 3.05) is 18.0 Å². The molecular weight excluding hydrogens is 560 g/mol. The van der Waals surface area contributed by atoms with Crippen LogP contribution in [0.2, 0.25) is 5.02 Å². The lowest BCUT2D eigenvalue weighted by atomic mass is 10.0. The summed E-state index contributed by atoms with van der Waals surface area (Å²) >= 11 is 6.97. The molecule has 0 N–H and O–H groups in total. The molecule has 1 saturated heterocycles. The number of carbonyl (C=O) groups excluding carboxylic acids is 1. The molecule has 0 radical (unpaired) electrons. The van der Waals surface area contributed by atoms with Crippen LogP contribution in [-0.2, 0) is 4.79 Å². The average Bonchev–Trinajstić information content (AvgIpc) is 2.98. The maximum atomic E-state index is 14.1. The zero-order chi connectivity index (χ0) is 31.0. The van der Waals surface area contributed by atoms with Crippen molar-refractivity contribution < 1.29 is 4.79 Å². The molecule has 0 spiro atoms. The van der Waals surface area contributed by atoms with Crippen molar-refractivity contribution in [3.05, 3.63) is 87.6 Å². The Morgan fingerprint density at radius 3 is 2.60 bits per heavy atom. The minimum absolute atomic E-state index is 0.0453. The minimum Gasteiger partial charge on any atom is -0.349 e. The predicted molar refractivity (Wildman–Crippen MR) is 173 cm³/mol. The highest BCUT2D eigenvalue weighted by molar-refractivity contribution is 6.33. The second kappa shape index (κ2) is 12.0. The minimum atomic E-state index is -0.462. The Hall–Kier alpha value is -4.48. The van der Waals surface area contributed by atoms with Gasteiger partial charge in [0.05, 0.1) is 27.5 Å². The number of hydrogen-bond donors (Lipinski definition) is 0. The van der Waals surface area contributed by atoms with Gasteiger partial charge in [-0.2, -0.15) is 4.98 Å². The van der Waals surface area contributed by atoms with Crippen LogP contribution >= 0.6 is 11.6 Å². The second-order valence-corrected chi connectivity index (χ2v) is 11.7. The fourth-order valence-corrected chi connectivity index (χ4v) is 6.01. The first-order valence-corrected chi connectivity index (χ1v) is 14.8. The van der Waals surface area contributed by atoms with Crippen molar-refractivity contribution in [2.24, 2.45) is 0 Å². The maximum Gasteiger partial charge on any atom is 0.355 e. The van der Waals surface area contributed by atoms with Gasteiger partial charge in [0.2, 0.25) is 5.91 Å². The van der Waals surface area contributed by atoms with Crippen molar-refractivity contribution >= 4 is 34.4 Å². The van der Waals surface area contributed by atoms with Crippen LogP contribution in [0.1, 0.15) is 57.4 Å². The highest BCUT2D eigenvalue weighted by Gasteiger charge is 2.34. The van der Waals surface area contributed by atoms with Crippen LogP contribution in [-0.4, -0.2) is 55.5 Å². The van der Waals surface area contributed by atoms with E-state index in [4.69, 9.17) is 16.6 Å². The fourth-order valence-electron chi connectivity index (χ4n) is 5.75. The Kier molecular flexibility index (Phi) is 8.38. The first-order valence-electron chi connectivity index (χ1n) is 14.4. The molecule has 1 aromatic carbocycles. The fraction of sp³-hybridized carbons (Fsp3) is 0.324. The molecule has 220 valence electrons. The van der Waals surface area contributed by atoms with Crippen molar-refractivity contribution in [1.82, 2.24) is 24.4 Å². The van der Waals surface area contributed by atoms with Crippen LogP contribution in [0.4, 0.5) is 5.82 Å². The third-order valence-corrected chi connectivity index (χ3v) is 8.14. The highest BCUT2D eigenvalue weighted by Crippen LogP contribution is 2.36. The van der Waals surface area contributed by atoms with Crippen LogP contribution in [0.5, 0.6) is 0 Å². The molecule has 5 rings (SSSR count). The molecule has 8 nitrogen and oxygen atoms in total. The Balaban J connectivity index is 1.82. The van der Waals surface area contributed by atoms with E-state index in [1.807, 2.05) is 71.0 Å². The molecule has 0 unspecified atom stereocenters. The van der Waals surface area contributed by atoms with Gasteiger partial charge < -0.3 is 9.80 Å². The Bertz CT molecular complexity index is 1870. The molecule has 0 bridgehead atoms. The number of halogens is 1. The van der Waals surface area contributed by atoms with E-state index in [-0.39, 0.29) is 23.9 Å². The van der Waals surface area contributed by atoms with E-state index in [1.54, 1.807) is 22.6 Å². The topological polar surface area (TPSA) is 84.2 Å². The van der Waals surface area contributed by atoms with Crippen molar-refractivity contribution in [3.8, 4) is 28.8 Å². The number of rotatable bonds is 5. The number of aromatic nitrogens is 4. The molecule has 4 heterocycles. The standard InChI is InChI=1S/C34H35ClN6O2/c1-8-11-24-12-10-13-25(16-24)30-27(35)17-26-32(40-19-22(6)39(18-23(40)7)28(42)9-2)38-34(43)41(33(26)37-30)31-21(5)14-15-36-29(31)20(3)4/h9-10,12-17,20,22-23H,2,18-19H2,1,3-7H3/t22-,23+/m1/s1. The lowest BCUT2D eigenvalue weighted by Crippen LogP contribution is -2.58. The summed E-state index contributed by atoms with van der Waals surface area (Å²) in [7, 11) is 0. The molecule has 2 atom stereocenters. The molecule has 1 amide bonds. The monoisotopic (exact) mass is 594 g/mol. The van der Waals surface area contributed by atoms with Crippen molar-refractivity contribution in [1.29, 1.82) is 0 Å². The normalized spacial score (nSPS) is 16.7. The van der Waals surface area contributed by atoms with Crippen molar-refractivity contribution in [2.45, 2.75) is 59.5 Å². The van der Waals surface area contributed by atoms with Gasteiger partial charge in [0, 0.05) is 42.5 Å². The summed E-state index contributed by atoms with van der Waals surface area (Å²) in [5.74, 6) is 6.43. The molecule has 9 heteroatoms. The Labute approximate surface area is 257 Å². The van der Waals surface area contributed by atoms with Crippen molar-refractivity contribution in [3.63, 3.8) is 0 Å². The summed E-state index contributed by atoms with van der Waals surface area (Å²) < 4.78 is 1.57. The molecule has 0 aliphatic carbocycles. The van der Waals surface area contributed by atoms with Crippen LogP contribution in [0.3, 0.4) is 0 Å². The van der Waals surface area contributed by atoms with Gasteiger partial charge in [0.25, 0.3) is 0 Å². The number of aryl methyl sites for hydroxylation is 1. The maximum absolute atomic E-state index is 14.1. The summed E-state index contributed by atoms with van der Waals surface area (Å²) in [5, 5.41) is 1.06. The molecule has 0 saturated carbocycles. The number of nitrogens with zero attached hydrogens (tertiary/aromatic N) is 6. The number of benzene rings is 1. The van der Waals surface area contributed by atoms with Gasteiger partial charge in [-0.1, -0.05) is 50.1 Å². The van der Waals surface area contributed by atoms with Gasteiger partial charge in [-0.15, -0.1) is 5.92 Å². The van der Waals surface area contributed by atoms with Gasteiger partial charge >= 0.3 is 5.69 Å². The van der Waals surface area contributed by atoms with Crippen LogP contribution in [0.15, 0.2) is 60.0 Å². The molecule has 4 aromatic rings. The van der Waals surface area contributed by atoms with Gasteiger partial charge in [-0.3, -0.25) is 9.78 Å². The molecule has 1 aliphatic rings. The number of anilines is 1. The van der Waals surface area contributed by atoms with E-state index in [0.29, 0.717) is 46.3 Å². The highest BCUT2D eigenvalue weighted by atomic mass is 35.5. The summed E-state index contributed by atoms with van der Waals surface area (Å²) in [5.41, 5.74) is 4.46. The number of fused-ring (bicyclic) bond motifs is 1. The lowest BCUT2D eigenvalue weighted by molar-refractivity contribution is -0.128. The first-order chi connectivity index (χ1) is 20.5. The quantitative estimate of drug-likeness (QED) is 0.211. The third-order valence-electron chi connectivity index (χ3n) is 7.85. The Morgan fingerprint density at radius 1 is 1.14 bits per heavy atom. The predicted octanol–water partition coefficient (Wildman–Crippen LogP) is 5.91. The number of pyridine rings is 2. The third kappa shape index (κ3) is 5.53. The van der Waals surface area contributed by atoms with Gasteiger partial charge in [0.1, 0.15) is 5.82 Å². The van der Waals surface area contributed by atoms with Crippen LogP contribution < -0.4 is 10.6 Å². The smallest absolute Gasteiger partial charge is 0.349 e. The zero-order valence-electron chi connectivity index (χ0n) is 25.3. The van der Waals surface area contributed by atoms with Gasteiger partial charge in [-0.05, 0) is 69.5 Å². The molecule has 43 heavy (non-hydrogen) atoms. The summed E-state index contributed by atoms with van der Waals surface area (Å²) in [6, 6.07) is 11.2. The first kappa shape index (κ1) is 30.0. The zero-order valence-corrected chi connectivity index (χ0v) is 26.1. The number of hydrogen-bond acceptors (Lipinski definition) is 6. The molecule has 1 aliphatic heterocycles.